The van der Waals surface area contributed by atoms with E-state index in [-0.39, 0.29) is 12.6 Å². The van der Waals surface area contributed by atoms with Crippen molar-refractivity contribution in [3.8, 4) is 5.75 Å². The topological polar surface area (TPSA) is 67.8 Å². The third-order valence-electron chi connectivity index (χ3n) is 2.75. The van der Waals surface area contributed by atoms with E-state index < -0.39 is 6.10 Å². The lowest BCUT2D eigenvalue weighted by Gasteiger charge is -2.14. The Balaban J connectivity index is 2.22. The number of methoxy groups -OCH3 is 1. The van der Waals surface area contributed by atoms with Gasteiger partial charge in [0.15, 0.2) is 0 Å². The largest absolute Gasteiger partial charge is 0.491 e. The van der Waals surface area contributed by atoms with Crippen molar-refractivity contribution in [3.63, 3.8) is 0 Å². The maximum atomic E-state index is 10.9. The maximum absolute atomic E-state index is 10.9. The van der Waals surface area contributed by atoms with E-state index in [0.29, 0.717) is 19.5 Å². The molecule has 1 rings (SSSR count). The molecule has 1 aromatic carbocycles. The van der Waals surface area contributed by atoms with Gasteiger partial charge in [-0.2, -0.15) is 0 Å². The molecular formula is C15H23NO4. The number of aliphatic hydroxyl groups excluding tert-OH is 1. The first-order valence-corrected chi connectivity index (χ1v) is 6.68. The molecule has 0 aliphatic rings. The van der Waals surface area contributed by atoms with Gasteiger partial charge >= 0.3 is 5.97 Å². The summed E-state index contributed by atoms with van der Waals surface area (Å²) in [4.78, 5) is 10.9. The van der Waals surface area contributed by atoms with E-state index in [1.807, 2.05) is 26.0 Å². The van der Waals surface area contributed by atoms with Crippen molar-refractivity contribution in [2.45, 2.75) is 26.4 Å². The monoisotopic (exact) mass is 281 g/mol. The minimum atomic E-state index is -0.617. The molecule has 0 spiro atoms. The fourth-order valence-electron chi connectivity index (χ4n) is 1.83. The van der Waals surface area contributed by atoms with Gasteiger partial charge < -0.3 is 19.9 Å². The van der Waals surface area contributed by atoms with Crippen LogP contribution in [0.3, 0.4) is 0 Å². The number of hydrogen-bond donors (Lipinski definition) is 2. The molecule has 2 N–H and O–H groups in total. The summed E-state index contributed by atoms with van der Waals surface area (Å²) in [7, 11) is 1.36. The van der Waals surface area contributed by atoms with Gasteiger partial charge in [0, 0.05) is 13.1 Å². The Morgan fingerprint density at radius 3 is 2.55 bits per heavy atom. The Morgan fingerprint density at radius 2 is 1.95 bits per heavy atom. The van der Waals surface area contributed by atoms with Crippen molar-refractivity contribution < 1.29 is 19.4 Å². The molecule has 0 fully saturated rings. The van der Waals surface area contributed by atoms with Gasteiger partial charge in [0.05, 0.1) is 13.5 Å². The first kappa shape index (κ1) is 16.5. The van der Waals surface area contributed by atoms with E-state index in [4.69, 9.17) is 4.74 Å². The number of esters is 1. The van der Waals surface area contributed by atoms with Crippen LogP contribution in [0.5, 0.6) is 5.75 Å². The average molecular weight is 281 g/mol. The van der Waals surface area contributed by atoms with E-state index in [1.54, 1.807) is 0 Å². The summed E-state index contributed by atoms with van der Waals surface area (Å²) in [5.74, 6) is 0.495. The predicted molar refractivity (Wildman–Crippen MR) is 76.9 cm³/mol. The zero-order chi connectivity index (χ0) is 15.0. The number of benzene rings is 1. The second-order valence-corrected chi connectivity index (χ2v) is 4.82. The molecule has 20 heavy (non-hydrogen) atoms. The number of carbonyl (C=O) groups excluding carboxylic acids is 1. The van der Waals surface area contributed by atoms with Crippen LogP contribution < -0.4 is 10.1 Å². The minimum absolute atomic E-state index is 0.216. The van der Waals surface area contributed by atoms with Gasteiger partial charge in [-0.15, -0.1) is 0 Å². The zero-order valence-corrected chi connectivity index (χ0v) is 12.3. The second kappa shape index (κ2) is 8.55. The molecular weight excluding hydrogens is 258 g/mol. The molecule has 112 valence electrons. The maximum Gasteiger partial charge on any atom is 0.306 e. The van der Waals surface area contributed by atoms with Gasteiger partial charge in [0.2, 0.25) is 0 Å². The molecule has 0 saturated carbocycles. The highest BCUT2D eigenvalue weighted by Gasteiger charge is 2.06. The molecule has 0 saturated heterocycles. The molecule has 0 aliphatic heterocycles. The molecule has 0 aromatic heterocycles. The molecule has 5 nitrogen and oxygen atoms in total. The minimum Gasteiger partial charge on any atom is -0.491 e. The predicted octanol–water partition coefficient (Wildman–Crippen LogP) is 1.20. The summed E-state index contributed by atoms with van der Waals surface area (Å²) in [6.45, 7) is 5.08. The number of hydrogen-bond acceptors (Lipinski definition) is 5. The summed E-state index contributed by atoms with van der Waals surface area (Å²) in [5, 5.41) is 12.7. The van der Waals surface area contributed by atoms with Gasteiger partial charge in [0.25, 0.3) is 0 Å². The number of carbonyl (C=O) groups is 1. The summed E-state index contributed by atoms with van der Waals surface area (Å²) in [6, 6.07) is 5.94. The van der Waals surface area contributed by atoms with Crippen molar-refractivity contribution >= 4 is 5.97 Å². The van der Waals surface area contributed by atoms with Gasteiger partial charge in [-0.25, -0.2) is 0 Å². The third kappa shape index (κ3) is 6.54. The Hall–Kier alpha value is -1.59. The van der Waals surface area contributed by atoms with Crippen LogP contribution in [0.15, 0.2) is 18.2 Å². The summed E-state index contributed by atoms with van der Waals surface area (Å²) >= 11 is 0. The number of aliphatic hydroxyl groups is 1. The lowest BCUT2D eigenvalue weighted by molar-refractivity contribution is -0.140. The van der Waals surface area contributed by atoms with Gasteiger partial charge in [-0.05, 0) is 37.1 Å². The molecule has 0 radical (unpaired) electrons. The molecule has 1 atom stereocenters. The summed E-state index contributed by atoms with van der Waals surface area (Å²) < 4.78 is 10.1. The van der Waals surface area contributed by atoms with Crippen LogP contribution in [0.2, 0.25) is 0 Å². The van der Waals surface area contributed by atoms with E-state index >= 15 is 0 Å². The highest BCUT2D eigenvalue weighted by molar-refractivity contribution is 5.69. The van der Waals surface area contributed by atoms with Crippen LogP contribution in [0.1, 0.15) is 17.5 Å². The third-order valence-corrected chi connectivity index (χ3v) is 2.75. The Bertz CT molecular complexity index is 414. The quantitative estimate of drug-likeness (QED) is 0.553. The zero-order valence-electron chi connectivity index (χ0n) is 12.3. The first-order valence-electron chi connectivity index (χ1n) is 6.68. The van der Waals surface area contributed by atoms with E-state index in [9.17, 15) is 9.90 Å². The van der Waals surface area contributed by atoms with Crippen molar-refractivity contribution in [2.75, 3.05) is 26.8 Å². The van der Waals surface area contributed by atoms with Crippen LogP contribution in [-0.4, -0.2) is 44.0 Å². The highest BCUT2D eigenvalue weighted by Crippen LogP contribution is 2.16. The average Bonchev–Trinajstić information content (AvgIpc) is 2.40. The molecule has 0 heterocycles. The van der Waals surface area contributed by atoms with E-state index in [2.05, 4.69) is 16.1 Å². The summed E-state index contributed by atoms with van der Waals surface area (Å²) in [6.07, 6.45) is -0.324. The normalized spacial score (nSPS) is 12.0. The Kier molecular flexibility index (Phi) is 7.04. The molecule has 5 heteroatoms. The van der Waals surface area contributed by atoms with Crippen LogP contribution in [0.4, 0.5) is 0 Å². The highest BCUT2D eigenvalue weighted by atomic mass is 16.5. The number of ether oxygens (including phenoxy) is 2. The van der Waals surface area contributed by atoms with Crippen molar-refractivity contribution in [3.05, 3.63) is 29.3 Å². The first-order chi connectivity index (χ1) is 9.51. The number of aryl methyl sites for hydroxylation is 2. The number of rotatable bonds is 8. The van der Waals surface area contributed by atoms with Crippen LogP contribution in [0, 0.1) is 13.8 Å². The lowest BCUT2D eigenvalue weighted by atomic mass is 10.1. The van der Waals surface area contributed by atoms with Crippen LogP contribution in [0.25, 0.3) is 0 Å². The van der Waals surface area contributed by atoms with E-state index in [0.717, 1.165) is 16.9 Å². The lowest BCUT2D eigenvalue weighted by Crippen LogP contribution is -2.32. The standard InChI is InChI=1S/C15H23NO4/c1-11-6-12(2)8-14(7-11)20-10-13(17)9-16-5-4-15(18)19-3/h6-8,13,16-17H,4-5,9-10H2,1-3H3. The second-order valence-electron chi connectivity index (χ2n) is 4.82. The number of nitrogens with one attached hydrogen (secondary N) is 1. The molecule has 0 amide bonds. The molecule has 0 aliphatic carbocycles. The van der Waals surface area contributed by atoms with Crippen LogP contribution >= 0.6 is 0 Å². The smallest absolute Gasteiger partial charge is 0.306 e. The Morgan fingerprint density at radius 1 is 1.30 bits per heavy atom. The van der Waals surface area contributed by atoms with Gasteiger partial charge in [0.1, 0.15) is 18.5 Å². The van der Waals surface area contributed by atoms with Crippen LogP contribution in [-0.2, 0) is 9.53 Å². The summed E-state index contributed by atoms with van der Waals surface area (Å²) in [5.41, 5.74) is 2.26. The fourth-order valence-corrected chi connectivity index (χ4v) is 1.83. The van der Waals surface area contributed by atoms with Crippen molar-refractivity contribution in [2.24, 2.45) is 0 Å². The van der Waals surface area contributed by atoms with Gasteiger partial charge in [-0.1, -0.05) is 6.07 Å². The molecule has 1 unspecified atom stereocenters. The van der Waals surface area contributed by atoms with Crippen molar-refractivity contribution in [1.29, 1.82) is 0 Å². The van der Waals surface area contributed by atoms with E-state index in [1.165, 1.54) is 7.11 Å². The molecule has 1 aromatic rings. The molecule has 0 bridgehead atoms. The SMILES string of the molecule is COC(=O)CCNCC(O)COc1cc(C)cc(C)c1. The van der Waals surface area contributed by atoms with Crippen molar-refractivity contribution in [1.82, 2.24) is 5.32 Å². The van der Waals surface area contributed by atoms with Gasteiger partial charge in [-0.3, -0.25) is 4.79 Å². The fraction of sp³-hybridized carbons (Fsp3) is 0.533. The Labute approximate surface area is 119 Å².